The van der Waals surface area contributed by atoms with Gasteiger partial charge >= 0.3 is 5.97 Å². The van der Waals surface area contributed by atoms with E-state index < -0.39 is 5.97 Å². The summed E-state index contributed by atoms with van der Waals surface area (Å²) >= 11 is 0. The predicted octanol–water partition coefficient (Wildman–Crippen LogP) is 3.28. The normalized spacial score (nSPS) is 14.7. The fourth-order valence-corrected chi connectivity index (χ4v) is 2.52. The van der Waals surface area contributed by atoms with Crippen molar-refractivity contribution in [3.05, 3.63) is 34.9 Å². The monoisotopic (exact) mass is 247 g/mol. The van der Waals surface area contributed by atoms with Crippen LogP contribution in [0.3, 0.4) is 0 Å². The average molecular weight is 247 g/mol. The zero-order valence-electron chi connectivity index (χ0n) is 11.0. The molecule has 0 aromatic heterocycles. The third kappa shape index (κ3) is 3.10. The second kappa shape index (κ2) is 6.01. The van der Waals surface area contributed by atoms with Gasteiger partial charge in [-0.15, -0.1) is 0 Å². The molecule has 0 aliphatic carbocycles. The lowest BCUT2D eigenvalue weighted by molar-refractivity contribution is 0.0696. The number of hydrogen-bond donors (Lipinski definition) is 1. The average Bonchev–Trinajstić information content (AvgIpc) is 2.76. The van der Waals surface area contributed by atoms with Gasteiger partial charge in [0.1, 0.15) is 0 Å². The van der Waals surface area contributed by atoms with E-state index in [1.807, 2.05) is 12.1 Å². The molecule has 0 saturated heterocycles. The van der Waals surface area contributed by atoms with E-state index >= 15 is 0 Å². The minimum absolute atomic E-state index is 0.404. The quantitative estimate of drug-likeness (QED) is 0.784. The lowest BCUT2D eigenvalue weighted by Crippen LogP contribution is -2.17. The molecule has 1 aromatic rings. The summed E-state index contributed by atoms with van der Waals surface area (Å²) in [5, 5.41) is 8.97. The molecular weight excluding hydrogens is 226 g/mol. The lowest BCUT2D eigenvalue weighted by atomic mass is 10.1. The zero-order valence-corrected chi connectivity index (χ0v) is 11.0. The molecule has 1 N–H and O–H groups in total. The van der Waals surface area contributed by atoms with E-state index in [4.69, 9.17) is 5.11 Å². The first-order valence-corrected chi connectivity index (χ1v) is 6.78. The van der Waals surface area contributed by atoms with Crippen LogP contribution in [0.4, 0.5) is 0 Å². The molecule has 0 amide bonds. The molecule has 0 spiro atoms. The number of carboxylic acids is 1. The minimum Gasteiger partial charge on any atom is -0.478 e. The highest BCUT2D eigenvalue weighted by Crippen LogP contribution is 2.24. The van der Waals surface area contributed by atoms with Crippen LogP contribution >= 0.6 is 0 Å². The number of carboxylic acid groups (broad SMARTS) is 1. The Hall–Kier alpha value is -1.35. The molecule has 18 heavy (non-hydrogen) atoms. The maximum absolute atomic E-state index is 10.9. The van der Waals surface area contributed by atoms with Crippen molar-refractivity contribution in [3.8, 4) is 0 Å². The van der Waals surface area contributed by atoms with Gasteiger partial charge in [-0.2, -0.15) is 0 Å². The largest absolute Gasteiger partial charge is 0.478 e. The van der Waals surface area contributed by atoms with Crippen LogP contribution in [-0.2, 0) is 13.1 Å². The van der Waals surface area contributed by atoms with E-state index in [-0.39, 0.29) is 0 Å². The number of carbonyl (C=O) groups is 1. The van der Waals surface area contributed by atoms with Gasteiger partial charge in [0.25, 0.3) is 0 Å². The van der Waals surface area contributed by atoms with Gasteiger partial charge in [-0.25, -0.2) is 4.79 Å². The summed E-state index contributed by atoms with van der Waals surface area (Å²) in [7, 11) is 0. The summed E-state index contributed by atoms with van der Waals surface area (Å²) in [4.78, 5) is 13.3. The van der Waals surface area contributed by atoms with Crippen LogP contribution in [0, 0.1) is 0 Å². The summed E-state index contributed by atoms with van der Waals surface area (Å²) in [5.74, 6) is -0.834. The fourth-order valence-electron chi connectivity index (χ4n) is 2.52. The second-order valence-corrected chi connectivity index (χ2v) is 5.06. The van der Waals surface area contributed by atoms with E-state index in [1.165, 1.54) is 36.8 Å². The summed E-state index contributed by atoms with van der Waals surface area (Å²) < 4.78 is 0. The first kappa shape index (κ1) is 13.1. The summed E-state index contributed by atoms with van der Waals surface area (Å²) in [6.07, 6.45) is 5.11. The minimum atomic E-state index is -0.834. The van der Waals surface area contributed by atoms with Crippen LogP contribution in [-0.4, -0.2) is 22.5 Å². The Balaban J connectivity index is 1.89. The van der Waals surface area contributed by atoms with Crippen LogP contribution in [0.15, 0.2) is 18.2 Å². The number of hydrogen-bond acceptors (Lipinski definition) is 2. The number of aromatic carboxylic acids is 1. The van der Waals surface area contributed by atoms with Crippen LogP contribution < -0.4 is 0 Å². The standard InChI is InChI=1S/C15H21NO2/c1-2-3-4-5-8-16-10-13-7-6-12(15(17)18)9-14(13)11-16/h6-7,9H,2-5,8,10-11H2,1H3,(H,17,18). The molecular formula is C15H21NO2. The van der Waals surface area contributed by atoms with Crippen molar-refractivity contribution in [2.75, 3.05) is 6.54 Å². The predicted molar refractivity (Wildman–Crippen MR) is 71.7 cm³/mol. The Morgan fingerprint density at radius 2 is 2.00 bits per heavy atom. The molecule has 0 fully saturated rings. The highest BCUT2D eigenvalue weighted by molar-refractivity contribution is 5.87. The van der Waals surface area contributed by atoms with Crippen LogP contribution in [0.1, 0.15) is 54.1 Å². The molecule has 3 heteroatoms. The Kier molecular flexibility index (Phi) is 4.37. The van der Waals surface area contributed by atoms with E-state index in [0.717, 1.165) is 19.6 Å². The smallest absolute Gasteiger partial charge is 0.335 e. The maximum Gasteiger partial charge on any atom is 0.335 e. The molecule has 0 atom stereocenters. The number of fused-ring (bicyclic) bond motifs is 1. The fraction of sp³-hybridized carbons (Fsp3) is 0.533. The van der Waals surface area contributed by atoms with E-state index in [9.17, 15) is 4.79 Å². The first-order chi connectivity index (χ1) is 8.70. The highest BCUT2D eigenvalue weighted by atomic mass is 16.4. The molecule has 3 nitrogen and oxygen atoms in total. The van der Waals surface area contributed by atoms with Crippen molar-refractivity contribution in [3.63, 3.8) is 0 Å². The molecule has 1 aromatic carbocycles. The number of nitrogens with zero attached hydrogens (tertiary/aromatic N) is 1. The maximum atomic E-state index is 10.9. The van der Waals surface area contributed by atoms with E-state index in [1.54, 1.807) is 6.07 Å². The van der Waals surface area contributed by atoms with Crippen LogP contribution in [0.2, 0.25) is 0 Å². The highest BCUT2D eigenvalue weighted by Gasteiger charge is 2.19. The Morgan fingerprint density at radius 3 is 2.72 bits per heavy atom. The molecule has 0 bridgehead atoms. The topological polar surface area (TPSA) is 40.5 Å². The van der Waals surface area contributed by atoms with Crippen molar-refractivity contribution >= 4 is 5.97 Å². The Labute approximate surface area is 108 Å². The molecule has 98 valence electrons. The van der Waals surface area contributed by atoms with Gasteiger partial charge in [0.05, 0.1) is 5.56 Å². The molecule has 2 rings (SSSR count). The summed E-state index contributed by atoms with van der Waals surface area (Å²) in [6.45, 7) is 5.22. The Bertz CT molecular complexity index is 429. The van der Waals surface area contributed by atoms with Crippen molar-refractivity contribution in [2.45, 2.75) is 45.7 Å². The molecule has 1 heterocycles. The number of benzene rings is 1. The van der Waals surface area contributed by atoms with Crippen LogP contribution in [0.25, 0.3) is 0 Å². The molecule has 0 unspecified atom stereocenters. The SMILES string of the molecule is CCCCCCN1Cc2ccc(C(=O)O)cc2C1. The van der Waals surface area contributed by atoms with Gasteiger partial charge in [0.15, 0.2) is 0 Å². The summed E-state index contributed by atoms with van der Waals surface area (Å²) in [6, 6.07) is 5.50. The van der Waals surface area contributed by atoms with Gasteiger partial charge in [-0.05, 0) is 36.2 Å². The summed E-state index contributed by atoms with van der Waals surface area (Å²) in [5.41, 5.74) is 2.88. The third-order valence-corrected chi connectivity index (χ3v) is 3.57. The van der Waals surface area contributed by atoms with E-state index in [2.05, 4.69) is 11.8 Å². The van der Waals surface area contributed by atoms with Crippen molar-refractivity contribution in [2.24, 2.45) is 0 Å². The number of unbranched alkanes of at least 4 members (excludes halogenated alkanes) is 3. The van der Waals surface area contributed by atoms with E-state index in [0.29, 0.717) is 5.56 Å². The van der Waals surface area contributed by atoms with Crippen molar-refractivity contribution in [1.82, 2.24) is 4.90 Å². The lowest BCUT2D eigenvalue weighted by Gasteiger charge is -2.13. The second-order valence-electron chi connectivity index (χ2n) is 5.06. The molecule has 1 aliphatic heterocycles. The Morgan fingerprint density at radius 1 is 1.22 bits per heavy atom. The van der Waals surface area contributed by atoms with Gasteiger partial charge in [-0.3, -0.25) is 4.90 Å². The zero-order chi connectivity index (χ0) is 13.0. The van der Waals surface area contributed by atoms with Gasteiger partial charge in [0, 0.05) is 13.1 Å². The van der Waals surface area contributed by atoms with Crippen LogP contribution in [0.5, 0.6) is 0 Å². The van der Waals surface area contributed by atoms with Gasteiger partial charge < -0.3 is 5.11 Å². The van der Waals surface area contributed by atoms with Gasteiger partial charge in [0.2, 0.25) is 0 Å². The third-order valence-electron chi connectivity index (χ3n) is 3.57. The molecule has 1 aliphatic rings. The number of rotatable bonds is 6. The van der Waals surface area contributed by atoms with Crippen molar-refractivity contribution < 1.29 is 9.90 Å². The van der Waals surface area contributed by atoms with Crippen molar-refractivity contribution in [1.29, 1.82) is 0 Å². The first-order valence-electron chi connectivity index (χ1n) is 6.78. The molecule has 0 radical (unpaired) electrons. The van der Waals surface area contributed by atoms with Gasteiger partial charge in [-0.1, -0.05) is 32.3 Å². The molecule has 0 saturated carbocycles.